The first kappa shape index (κ1) is 23.9. The highest BCUT2D eigenvalue weighted by Gasteiger charge is 2.45. The maximum absolute atomic E-state index is 13.1. The standard InChI is InChI=1S/C25H23Cl2N3O4/c1-2-34-20-8-7-17(14-19(20)27)23(31)21-22(16-5-3-6-18(26)13-16)30(25(33)24(21)32)11-4-10-29-12-9-28-15-29/h3,5-9,12-15,22,31H,2,4,10-11H2,1H3/t22-/m0/s1. The number of hydrogen-bond donors (Lipinski definition) is 1. The minimum atomic E-state index is -0.785. The van der Waals surface area contributed by atoms with Gasteiger partial charge in [-0.15, -0.1) is 0 Å². The Morgan fingerprint density at radius 2 is 1.97 bits per heavy atom. The maximum Gasteiger partial charge on any atom is 0.295 e. The number of aryl methyl sites for hydroxylation is 1. The Balaban J connectivity index is 1.74. The summed E-state index contributed by atoms with van der Waals surface area (Å²) in [7, 11) is 0. The van der Waals surface area contributed by atoms with E-state index < -0.39 is 17.7 Å². The molecule has 3 aromatic rings. The summed E-state index contributed by atoms with van der Waals surface area (Å²) in [4.78, 5) is 31.7. The van der Waals surface area contributed by atoms with Crippen LogP contribution in [0.25, 0.3) is 5.76 Å². The Bertz CT molecular complexity index is 1240. The Hall–Kier alpha value is -3.29. The molecule has 0 spiro atoms. The molecular weight excluding hydrogens is 477 g/mol. The smallest absolute Gasteiger partial charge is 0.295 e. The van der Waals surface area contributed by atoms with E-state index in [1.54, 1.807) is 48.9 Å². The molecule has 4 rings (SSSR count). The quantitative estimate of drug-likeness (QED) is 0.264. The number of aliphatic hydroxyl groups is 1. The van der Waals surface area contributed by atoms with Crippen molar-refractivity contribution in [3.05, 3.63) is 87.9 Å². The van der Waals surface area contributed by atoms with Crippen LogP contribution in [-0.4, -0.2) is 44.4 Å². The van der Waals surface area contributed by atoms with Crippen molar-refractivity contribution in [1.82, 2.24) is 14.5 Å². The van der Waals surface area contributed by atoms with Gasteiger partial charge in [0, 0.05) is 36.1 Å². The highest BCUT2D eigenvalue weighted by molar-refractivity contribution is 6.46. The van der Waals surface area contributed by atoms with E-state index in [0.29, 0.717) is 53.0 Å². The number of nitrogens with zero attached hydrogens (tertiary/aromatic N) is 3. The lowest BCUT2D eigenvalue weighted by Crippen LogP contribution is -2.31. The number of imidazole rings is 1. The summed E-state index contributed by atoms with van der Waals surface area (Å²) >= 11 is 12.5. The molecule has 7 nitrogen and oxygen atoms in total. The number of carbonyl (C=O) groups is 2. The summed E-state index contributed by atoms with van der Waals surface area (Å²) < 4.78 is 7.35. The number of amides is 1. The van der Waals surface area contributed by atoms with E-state index in [-0.39, 0.29) is 11.3 Å². The van der Waals surface area contributed by atoms with E-state index in [2.05, 4.69) is 4.98 Å². The van der Waals surface area contributed by atoms with Crippen LogP contribution in [0.15, 0.2) is 66.8 Å². The van der Waals surface area contributed by atoms with Gasteiger partial charge in [0.25, 0.3) is 11.7 Å². The first-order valence-corrected chi connectivity index (χ1v) is 11.6. The van der Waals surface area contributed by atoms with E-state index in [9.17, 15) is 14.7 Å². The number of carbonyl (C=O) groups excluding carboxylic acids is 2. The van der Waals surface area contributed by atoms with E-state index in [4.69, 9.17) is 27.9 Å². The predicted octanol–water partition coefficient (Wildman–Crippen LogP) is 5.10. The Labute approximate surface area is 207 Å². The fourth-order valence-corrected chi connectivity index (χ4v) is 4.49. The highest BCUT2D eigenvalue weighted by atomic mass is 35.5. The van der Waals surface area contributed by atoms with Gasteiger partial charge in [-0.25, -0.2) is 4.98 Å². The van der Waals surface area contributed by atoms with Crippen molar-refractivity contribution in [3.63, 3.8) is 0 Å². The van der Waals surface area contributed by atoms with Gasteiger partial charge in [-0.05, 0) is 49.2 Å². The van der Waals surface area contributed by atoms with E-state index in [1.807, 2.05) is 17.7 Å². The van der Waals surface area contributed by atoms with Crippen molar-refractivity contribution in [2.24, 2.45) is 0 Å². The third kappa shape index (κ3) is 4.81. The van der Waals surface area contributed by atoms with Gasteiger partial charge in [0.2, 0.25) is 0 Å². The molecule has 176 valence electrons. The van der Waals surface area contributed by atoms with Crippen molar-refractivity contribution in [2.45, 2.75) is 25.9 Å². The van der Waals surface area contributed by atoms with Crippen molar-refractivity contribution < 1.29 is 19.4 Å². The number of aromatic nitrogens is 2. The van der Waals surface area contributed by atoms with Gasteiger partial charge in [-0.3, -0.25) is 9.59 Å². The van der Waals surface area contributed by atoms with Gasteiger partial charge < -0.3 is 19.3 Å². The molecule has 34 heavy (non-hydrogen) atoms. The molecule has 0 radical (unpaired) electrons. The van der Waals surface area contributed by atoms with Crippen molar-refractivity contribution in [1.29, 1.82) is 0 Å². The first-order valence-electron chi connectivity index (χ1n) is 10.8. The lowest BCUT2D eigenvalue weighted by atomic mass is 9.95. The van der Waals surface area contributed by atoms with Gasteiger partial charge in [0.1, 0.15) is 11.5 Å². The fourth-order valence-electron chi connectivity index (χ4n) is 4.05. The molecule has 0 saturated carbocycles. The zero-order valence-corrected chi connectivity index (χ0v) is 20.0. The van der Waals surface area contributed by atoms with Gasteiger partial charge >= 0.3 is 0 Å². The average Bonchev–Trinajstić information content (AvgIpc) is 3.42. The fraction of sp³-hybridized carbons (Fsp3) is 0.240. The predicted molar refractivity (Wildman–Crippen MR) is 130 cm³/mol. The summed E-state index contributed by atoms with van der Waals surface area (Å²) in [5.74, 6) is -1.26. The molecule has 1 atom stereocenters. The second kappa shape index (κ2) is 10.3. The molecule has 1 saturated heterocycles. The van der Waals surface area contributed by atoms with E-state index in [0.717, 1.165) is 0 Å². The molecule has 1 aliphatic rings. The van der Waals surface area contributed by atoms with Gasteiger partial charge in [0.05, 0.1) is 29.6 Å². The number of likely N-dealkylation sites (tertiary alicyclic amines) is 1. The van der Waals surface area contributed by atoms with Crippen molar-refractivity contribution >= 4 is 40.7 Å². The summed E-state index contributed by atoms with van der Waals surface area (Å²) in [6.45, 7) is 3.20. The van der Waals surface area contributed by atoms with Gasteiger partial charge in [-0.2, -0.15) is 0 Å². The first-order chi connectivity index (χ1) is 16.4. The largest absolute Gasteiger partial charge is 0.507 e. The minimum absolute atomic E-state index is 0.00451. The second-order valence-corrected chi connectivity index (χ2v) is 8.62. The van der Waals surface area contributed by atoms with Gasteiger partial charge in [-0.1, -0.05) is 35.3 Å². The summed E-state index contributed by atoms with van der Waals surface area (Å²) in [5.41, 5.74) is 0.944. The van der Waals surface area contributed by atoms with Crippen LogP contribution in [-0.2, 0) is 16.1 Å². The normalized spacial score (nSPS) is 17.4. The molecule has 1 aromatic heterocycles. The number of Topliss-reactive ketones (excluding diaryl/α,β-unsaturated/α-hetero) is 1. The molecule has 2 aromatic carbocycles. The van der Waals surface area contributed by atoms with Crippen LogP contribution in [0.1, 0.15) is 30.5 Å². The summed E-state index contributed by atoms with van der Waals surface area (Å²) in [5, 5.41) is 11.9. The Morgan fingerprint density at radius 1 is 1.15 bits per heavy atom. The van der Waals surface area contributed by atoms with Crippen molar-refractivity contribution in [3.8, 4) is 5.75 Å². The van der Waals surface area contributed by atoms with Crippen LogP contribution in [0.5, 0.6) is 5.75 Å². The van der Waals surface area contributed by atoms with Crippen LogP contribution >= 0.6 is 23.2 Å². The number of aliphatic hydroxyl groups excluding tert-OH is 1. The van der Waals surface area contributed by atoms with Crippen LogP contribution in [0.2, 0.25) is 10.0 Å². The Morgan fingerprint density at radius 3 is 2.65 bits per heavy atom. The number of hydrogen-bond acceptors (Lipinski definition) is 5. The number of ketones is 1. The van der Waals surface area contributed by atoms with E-state index in [1.165, 1.54) is 11.0 Å². The van der Waals surface area contributed by atoms with Crippen molar-refractivity contribution in [2.75, 3.05) is 13.2 Å². The average molecular weight is 500 g/mol. The zero-order valence-electron chi connectivity index (χ0n) is 18.4. The third-order valence-electron chi connectivity index (χ3n) is 5.58. The van der Waals surface area contributed by atoms with Crippen LogP contribution in [0.4, 0.5) is 0 Å². The molecule has 1 fully saturated rings. The summed E-state index contributed by atoms with van der Waals surface area (Å²) in [6, 6.07) is 10.9. The minimum Gasteiger partial charge on any atom is -0.507 e. The SMILES string of the molecule is CCOc1ccc(C(O)=C2C(=O)C(=O)N(CCCn3ccnc3)[C@H]2c2cccc(Cl)c2)cc1Cl. The molecular formula is C25H23Cl2N3O4. The molecule has 0 unspecified atom stereocenters. The monoisotopic (exact) mass is 499 g/mol. The molecule has 0 aliphatic carbocycles. The Kier molecular flexibility index (Phi) is 7.24. The molecule has 1 N–H and O–H groups in total. The molecule has 2 heterocycles. The molecule has 1 aliphatic heterocycles. The lowest BCUT2D eigenvalue weighted by Gasteiger charge is -2.25. The van der Waals surface area contributed by atoms with Gasteiger partial charge in [0.15, 0.2) is 0 Å². The lowest BCUT2D eigenvalue weighted by molar-refractivity contribution is -0.139. The zero-order chi connectivity index (χ0) is 24.2. The topological polar surface area (TPSA) is 84.7 Å². The van der Waals surface area contributed by atoms with Crippen LogP contribution in [0.3, 0.4) is 0 Å². The van der Waals surface area contributed by atoms with Crippen LogP contribution < -0.4 is 4.74 Å². The number of rotatable bonds is 8. The second-order valence-electron chi connectivity index (χ2n) is 7.78. The van der Waals surface area contributed by atoms with E-state index >= 15 is 0 Å². The molecule has 1 amide bonds. The highest BCUT2D eigenvalue weighted by Crippen LogP contribution is 2.41. The third-order valence-corrected chi connectivity index (χ3v) is 6.11. The molecule has 9 heteroatoms. The number of halogens is 2. The number of ether oxygens (including phenoxy) is 1. The molecule has 0 bridgehead atoms. The number of benzene rings is 2. The van der Waals surface area contributed by atoms with Crippen LogP contribution in [0, 0.1) is 0 Å². The summed E-state index contributed by atoms with van der Waals surface area (Å²) in [6.07, 6.45) is 5.80. The maximum atomic E-state index is 13.1.